The van der Waals surface area contributed by atoms with Crippen LogP contribution in [0.4, 0.5) is 5.69 Å². The van der Waals surface area contributed by atoms with Gasteiger partial charge in [-0.25, -0.2) is 8.42 Å². The molecule has 0 aromatic heterocycles. The summed E-state index contributed by atoms with van der Waals surface area (Å²) >= 11 is 0. The summed E-state index contributed by atoms with van der Waals surface area (Å²) in [5.74, 6) is 1.12. The molecule has 0 saturated heterocycles. The molecule has 0 heterocycles. The van der Waals surface area contributed by atoms with Crippen LogP contribution < -0.4 is 9.62 Å². The third-order valence-electron chi connectivity index (χ3n) is 5.41. The first-order chi connectivity index (χ1) is 11.4. The predicted octanol–water partition coefficient (Wildman–Crippen LogP) is 2.32. The van der Waals surface area contributed by atoms with Crippen molar-refractivity contribution in [2.24, 2.45) is 11.8 Å². The maximum Gasteiger partial charge on any atom is 0.241 e. The van der Waals surface area contributed by atoms with Crippen molar-refractivity contribution in [2.75, 3.05) is 17.1 Å². The molecule has 24 heavy (non-hydrogen) atoms. The van der Waals surface area contributed by atoms with Crippen molar-refractivity contribution in [3.05, 3.63) is 29.8 Å². The summed E-state index contributed by atoms with van der Waals surface area (Å²) in [6.07, 6.45) is 6.58. The van der Waals surface area contributed by atoms with E-state index in [1.54, 1.807) is 12.1 Å². The number of hydrogen-bond acceptors (Lipinski definition) is 3. The highest BCUT2D eigenvalue weighted by Gasteiger charge is 2.40. The van der Waals surface area contributed by atoms with Crippen LogP contribution >= 0.6 is 0 Å². The van der Waals surface area contributed by atoms with E-state index in [4.69, 9.17) is 0 Å². The Bertz CT molecular complexity index is 717. The van der Waals surface area contributed by atoms with Gasteiger partial charge in [0.25, 0.3) is 0 Å². The summed E-state index contributed by atoms with van der Waals surface area (Å²) in [5.41, 5.74) is 1.53. The molecule has 0 radical (unpaired) electrons. The van der Waals surface area contributed by atoms with Crippen molar-refractivity contribution < 1.29 is 13.2 Å². The van der Waals surface area contributed by atoms with E-state index >= 15 is 0 Å². The number of aryl methyl sites for hydroxylation is 1. The van der Waals surface area contributed by atoms with E-state index in [1.807, 2.05) is 19.1 Å². The summed E-state index contributed by atoms with van der Waals surface area (Å²) in [6, 6.07) is 7.59. The summed E-state index contributed by atoms with van der Waals surface area (Å²) in [6.45, 7) is 1.83. The third kappa shape index (κ3) is 3.58. The molecule has 1 amide bonds. The van der Waals surface area contributed by atoms with Gasteiger partial charge in [0.2, 0.25) is 15.9 Å². The Morgan fingerprint density at radius 3 is 2.58 bits per heavy atom. The van der Waals surface area contributed by atoms with Crippen LogP contribution in [0.3, 0.4) is 0 Å². The molecule has 0 unspecified atom stereocenters. The minimum atomic E-state index is -3.52. The molecule has 2 aliphatic rings. The van der Waals surface area contributed by atoms with Gasteiger partial charge in [0.15, 0.2) is 0 Å². The molecular weight excluding hydrogens is 324 g/mol. The van der Waals surface area contributed by atoms with Gasteiger partial charge >= 0.3 is 0 Å². The van der Waals surface area contributed by atoms with Crippen LogP contribution in [-0.2, 0) is 21.2 Å². The van der Waals surface area contributed by atoms with E-state index in [0.29, 0.717) is 11.6 Å². The van der Waals surface area contributed by atoms with Gasteiger partial charge in [-0.15, -0.1) is 0 Å². The van der Waals surface area contributed by atoms with Crippen molar-refractivity contribution in [3.63, 3.8) is 0 Å². The van der Waals surface area contributed by atoms with Gasteiger partial charge in [-0.3, -0.25) is 9.10 Å². The molecule has 2 saturated carbocycles. The Labute approximate surface area is 144 Å². The van der Waals surface area contributed by atoms with Crippen molar-refractivity contribution in [3.8, 4) is 0 Å². The summed E-state index contributed by atoms with van der Waals surface area (Å²) in [5, 5.41) is 3.08. The molecule has 5 nitrogen and oxygen atoms in total. The molecular formula is C18H26N2O3S. The number of nitrogens with zero attached hydrogens (tertiary/aromatic N) is 1. The maximum absolute atomic E-state index is 12.5. The van der Waals surface area contributed by atoms with E-state index in [0.717, 1.165) is 30.6 Å². The van der Waals surface area contributed by atoms with Crippen molar-refractivity contribution in [2.45, 2.75) is 45.1 Å². The van der Waals surface area contributed by atoms with Gasteiger partial charge < -0.3 is 5.32 Å². The fourth-order valence-corrected chi connectivity index (χ4v) is 5.13. The number of carbonyl (C=O) groups is 1. The zero-order valence-corrected chi connectivity index (χ0v) is 15.2. The van der Waals surface area contributed by atoms with Crippen LogP contribution in [0.1, 0.15) is 38.2 Å². The first-order valence-electron chi connectivity index (χ1n) is 8.73. The van der Waals surface area contributed by atoms with Crippen LogP contribution in [0.15, 0.2) is 24.3 Å². The highest BCUT2D eigenvalue weighted by atomic mass is 32.2. The van der Waals surface area contributed by atoms with E-state index < -0.39 is 10.0 Å². The zero-order valence-electron chi connectivity index (χ0n) is 14.4. The molecule has 0 spiro atoms. The van der Waals surface area contributed by atoms with Crippen LogP contribution in [0.25, 0.3) is 0 Å². The van der Waals surface area contributed by atoms with E-state index in [1.165, 1.54) is 23.6 Å². The van der Waals surface area contributed by atoms with Crippen molar-refractivity contribution in [1.82, 2.24) is 5.32 Å². The Kier molecular flexibility index (Phi) is 4.85. The summed E-state index contributed by atoms with van der Waals surface area (Å²) in [4.78, 5) is 12.5. The molecule has 0 aliphatic heterocycles. The molecule has 3 rings (SSSR count). The average Bonchev–Trinajstić information content (AvgIpc) is 3.14. The molecule has 3 atom stereocenters. The Morgan fingerprint density at radius 2 is 2.00 bits per heavy atom. The Hall–Kier alpha value is -1.56. The number of benzene rings is 1. The monoisotopic (exact) mass is 350 g/mol. The molecule has 1 aromatic carbocycles. The number of hydrogen-bond donors (Lipinski definition) is 1. The Balaban J connectivity index is 1.74. The first-order valence-corrected chi connectivity index (χ1v) is 10.6. The quantitative estimate of drug-likeness (QED) is 0.856. The van der Waals surface area contributed by atoms with E-state index in [2.05, 4.69) is 5.32 Å². The highest BCUT2D eigenvalue weighted by molar-refractivity contribution is 7.92. The van der Waals surface area contributed by atoms with Gasteiger partial charge in [0.1, 0.15) is 6.54 Å². The molecule has 132 valence electrons. The minimum absolute atomic E-state index is 0.149. The maximum atomic E-state index is 12.5. The Morgan fingerprint density at radius 1 is 1.25 bits per heavy atom. The van der Waals surface area contributed by atoms with E-state index in [9.17, 15) is 13.2 Å². The van der Waals surface area contributed by atoms with Crippen LogP contribution in [0, 0.1) is 11.8 Å². The lowest BCUT2D eigenvalue weighted by atomic mass is 9.95. The summed E-state index contributed by atoms with van der Waals surface area (Å²) < 4.78 is 25.7. The van der Waals surface area contributed by atoms with Crippen molar-refractivity contribution >= 4 is 21.6 Å². The zero-order chi connectivity index (χ0) is 17.3. The standard InChI is InChI=1S/C18H26N2O3S/c1-3-14-6-4-5-7-17(14)20(24(2,22)23)12-18(21)19-16-11-13-8-9-15(16)10-13/h4-7,13,15-16H,3,8-12H2,1-2H3,(H,19,21)/t13-,15-,16-/m0/s1. The lowest BCUT2D eigenvalue weighted by Crippen LogP contribution is -2.45. The van der Waals surface area contributed by atoms with Crippen LogP contribution in [-0.4, -0.2) is 33.2 Å². The average molecular weight is 350 g/mol. The summed E-state index contributed by atoms with van der Waals surface area (Å²) in [7, 11) is -3.52. The lowest BCUT2D eigenvalue weighted by Gasteiger charge is -2.27. The van der Waals surface area contributed by atoms with Crippen LogP contribution in [0.2, 0.25) is 0 Å². The van der Waals surface area contributed by atoms with Gasteiger partial charge in [-0.05, 0) is 49.1 Å². The third-order valence-corrected chi connectivity index (χ3v) is 6.54. The molecule has 2 bridgehead atoms. The normalized spacial score (nSPS) is 25.7. The first kappa shape index (κ1) is 17.3. The number of carbonyl (C=O) groups excluding carboxylic acids is 1. The molecule has 1 N–H and O–H groups in total. The number of rotatable bonds is 6. The fourth-order valence-electron chi connectivity index (χ4n) is 4.24. The fraction of sp³-hybridized carbons (Fsp3) is 0.611. The smallest absolute Gasteiger partial charge is 0.241 e. The molecule has 6 heteroatoms. The predicted molar refractivity (Wildman–Crippen MR) is 95.4 cm³/mol. The lowest BCUT2D eigenvalue weighted by molar-refractivity contribution is -0.120. The molecule has 2 aliphatic carbocycles. The molecule has 1 aromatic rings. The molecule has 2 fully saturated rings. The number of anilines is 1. The minimum Gasteiger partial charge on any atom is -0.352 e. The number of para-hydroxylation sites is 1. The van der Waals surface area contributed by atoms with Gasteiger partial charge in [-0.1, -0.05) is 31.5 Å². The van der Waals surface area contributed by atoms with Gasteiger partial charge in [0.05, 0.1) is 11.9 Å². The van der Waals surface area contributed by atoms with Crippen LogP contribution in [0.5, 0.6) is 0 Å². The number of nitrogens with one attached hydrogen (secondary N) is 1. The second kappa shape index (κ2) is 6.75. The number of fused-ring (bicyclic) bond motifs is 2. The van der Waals surface area contributed by atoms with Gasteiger partial charge in [0, 0.05) is 6.04 Å². The second-order valence-corrected chi connectivity index (χ2v) is 9.01. The van der Waals surface area contributed by atoms with Gasteiger partial charge in [-0.2, -0.15) is 0 Å². The highest BCUT2D eigenvalue weighted by Crippen LogP contribution is 2.44. The topological polar surface area (TPSA) is 66.5 Å². The SMILES string of the molecule is CCc1ccccc1N(CC(=O)N[C@H]1C[C@H]2CC[C@H]1C2)S(C)(=O)=O. The number of sulfonamides is 1. The second-order valence-electron chi connectivity index (χ2n) is 7.10. The number of amides is 1. The largest absolute Gasteiger partial charge is 0.352 e. The van der Waals surface area contributed by atoms with Crippen molar-refractivity contribution in [1.29, 1.82) is 0 Å². The van der Waals surface area contributed by atoms with E-state index in [-0.39, 0.29) is 18.5 Å².